The molecule has 110 valence electrons. The summed E-state index contributed by atoms with van der Waals surface area (Å²) in [5.74, 6) is -1.55. The minimum Gasteiger partial charge on any atom is -0.457 e. The molecule has 0 radical (unpaired) electrons. The number of carbonyl (C=O) groups is 3. The largest absolute Gasteiger partial charge is 0.457 e. The molecule has 1 heterocycles. The van der Waals surface area contributed by atoms with Crippen LogP contribution in [0.15, 0.2) is 30.9 Å². The van der Waals surface area contributed by atoms with Gasteiger partial charge in [0.05, 0.1) is 5.56 Å². The molecule has 5 nitrogen and oxygen atoms in total. The van der Waals surface area contributed by atoms with E-state index in [-0.39, 0.29) is 19.0 Å². The van der Waals surface area contributed by atoms with Crippen molar-refractivity contribution < 1.29 is 19.1 Å². The van der Waals surface area contributed by atoms with Crippen molar-refractivity contribution in [2.45, 2.75) is 26.9 Å². The Morgan fingerprint density at radius 1 is 1.43 bits per heavy atom. The third kappa shape index (κ3) is 3.37. The quantitative estimate of drug-likeness (QED) is 0.513. The first-order chi connectivity index (χ1) is 9.82. The maximum atomic E-state index is 11.9. The number of ether oxygens (including phenoxy) is 1. The van der Waals surface area contributed by atoms with Gasteiger partial charge in [0, 0.05) is 17.7 Å². The summed E-state index contributed by atoms with van der Waals surface area (Å²) in [4.78, 5) is 35.1. The normalized spacial score (nSPS) is 13.3. The van der Waals surface area contributed by atoms with Crippen LogP contribution >= 0.6 is 0 Å². The highest BCUT2D eigenvalue weighted by atomic mass is 16.5. The highest BCUT2D eigenvalue weighted by Gasteiger charge is 2.25. The van der Waals surface area contributed by atoms with Gasteiger partial charge in [0.1, 0.15) is 6.61 Å². The van der Waals surface area contributed by atoms with Crippen LogP contribution in [0.25, 0.3) is 0 Å². The van der Waals surface area contributed by atoms with Gasteiger partial charge in [0.25, 0.3) is 5.91 Å². The number of esters is 1. The van der Waals surface area contributed by atoms with Gasteiger partial charge in [-0.05, 0) is 23.6 Å². The summed E-state index contributed by atoms with van der Waals surface area (Å²) in [7, 11) is 0. The average molecular weight is 287 g/mol. The summed E-state index contributed by atoms with van der Waals surface area (Å²) in [5.41, 5.74) is 1.25. The lowest BCUT2D eigenvalue weighted by atomic mass is 9.87. The number of anilines is 1. The first-order valence-electron chi connectivity index (χ1n) is 6.60. The number of hydrogen-bond acceptors (Lipinski definition) is 4. The molecule has 0 aliphatic carbocycles. The molecular weight excluding hydrogens is 270 g/mol. The lowest BCUT2D eigenvalue weighted by molar-refractivity contribution is -0.135. The van der Waals surface area contributed by atoms with Crippen LogP contribution in [0.4, 0.5) is 5.69 Å². The predicted octanol–water partition coefficient (Wildman–Crippen LogP) is 2.47. The Bertz CT molecular complexity index is 631. The first kappa shape index (κ1) is 15.0. The summed E-state index contributed by atoms with van der Waals surface area (Å²) in [5, 5.41) is 2.54. The van der Waals surface area contributed by atoms with Crippen molar-refractivity contribution in [3.05, 3.63) is 42.0 Å². The van der Waals surface area contributed by atoms with Crippen molar-refractivity contribution in [3.63, 3.8) is 0 Å². The number of nitrogens with one attached hydrogen (secondary N) is 1. The van der Waals surface area contributed by atoms with Gasteiger partial charge in [-0.1, -0.05) is 19.9 Å². The summed E-state index contributed by atoms with van der Waals surface area (Å²) in [6.45, 7) is 7.51. The second-order valence-corrected chi connectivity index (χ2v) is 5.69. The fourth-order valence-electron chi connectivity index (χ4n) is 1.98. The Balaban J connectivity index is 2.05. The zero-order valence-electron chi connectivity index (χ0n) is 12.1. The van der Waals surface area contributed by atoms with E-state index in [1.54, 1.807) is 24.3 Å². The smallest absolute Gasteiger partial charge is 0.338 e. The standard InChI is InChI=1S/C16H17NO4/c1-4-16(2,3)8-13(18)14(19)17-11-5-6-12-10(7-11)9-21-15(12)20/h4-7H,1,8-9H2,2-3H3,(H,17,19). The van der Waals surface area contributed by atoms with E-state index in [1.165, 1.54) is 0 Å². The van der Waals surface area contributed by atoms with Gasteiger partial charge < -0.3 is 10.1 Å². The van der Waals surface area contributed by atoms with Crippen LogP contribution in [0.5, 0.6) is 0 Å². The highest BCUT2D eigenvalue weighted by Crippen LogP contribution is 2.24. The van der Waals surface area contributed by atoms with E-state index in [0.717, 1.165) is 0 Å². The predicted molar refractivity (Wildman–Crippen MR) is 77.8 cm³/mol. The van der Waals surface area contributed by atoms with Gasteiger partial charge in [0.2, 0.25) is 5.78 Å². The number of fused-ring (bicyclic) bond motifs is 1. The lowest BCUT2D eigenvalue weighted by Gasteiger charge is -2.17. The van der Waals surface area contributed by atoms with Crippen molar-refractivity contribution in [2.24, 2.45) is 5.41 Å². The maximum Gasteiger partial charge on any atom is 0.338 e. The number of hydrogen-bond donors (Lipinski definition) is 1. The van der Waals surface area contributed by atoms with Gasteiger partial charge in [-0.25, -0.2) is 4.79 Å². The first-order valence-corrected chi connectivity index (χ1v) is 6.60. The Morgan fingerprint density at radius 3 is 2.81 bits per heavy atom. The van der Waals surface area contributed by atoms with Crippen LogP contribution in [0.3, 0.4) is 0 Å². The van der Waals surface area contributed by atoms with Gasteiger partial charge in [-0.3, -0.25) is 9.59 Å². The third-order valence-corrected chi connectivity index (χ3v) is 3.36. The number of amides is 1. The van der Waals surface area contributed by atoms with Crippen LogP contribution in [0.1, 0.15) is 36.2 Å². The molecule has 5 heteroatoms. The van der Waals surface area contributed by atoms with E-state index in [4.69, 9.17) is 4.74 Å². The molecule has 0 saturated heterocycles. The molecule has 0 atom stereocenters. The van der Waals surface area contributed by atoms with Crippen molar-refractivity contribution in [1.29, 1.82) is 0 Å². The molecule has 2 rings (SSSR count). The number of carbonyl (C=O) groups excluding carboxylic acids is 3. The molecular formula is C16H17NO4. The van der Waals surface area contributed by atoms with Crippen LogP contribution in [-0.2, 0) is 20.9 Å². The Hall–Kier alpha value is -2.43. The summed E-state index contributed by atoms with van der Waals surface area (Å²) in [6, 6.07) is 4.80. The molecule has 1 amide bonds. The van der Waals surface area contributed by atoms with Gasteiger partial charge in [-0.2, -0.15) is 0 Å². The monoisotopic (exact) mass is 287 g/mol. The molecule has 1 aliphatic rings. The van der Waals surface area contributed by atoms with Crippen molar-refractivity contribution >= 4 is 23.3 Å². The summed E-state index contributed by atoms with van der Waals surface area (Å²) in [6.07, 6.45) is 1.74. The number of Topliss-reactive ketones (excluding diaryl/α,β-unsaturated/α-hetero) is 1. The van der Waals surface area contributed by atoms with E-state index in [1.807, 2.05) is 13.8 Å². The zero-order chi connectivity index (χ0) is 15.6. The van der Waals surface area contributed by atoms with Crippen molar-refractivity contribution in [2.75, 3.05) is 5.32 Å². The van der Waals surface area contributed by atoms with Gasteiger partial charge >= 0.3 is 5.97 Å². The van der Waals surface area contributed by atoms with Gasteiger partial charge in [0.15, 0.2) is 0 Å². The van der Waals surface area contributed by atoms with Crippen LogP contribution in [0.2, 0.25) is 0 Å². The van der Waals surface area contributed by atoms with Gasteiger partial charge in [-0.15, -0.1) is 6.58 Å². The molecule has 0 unspecified atom stereocenters. The topological polar surface area (TPSA) is 72.5 Å². The zero-order valence-corrected chi connectivity index (χ0v) is 12.1. The second kappa shape index (κ2) is 5.52. The molecule has 1 aromatic carbocycles. The minimum atomic E-state index is -0.671. The van der Waals surface area contributed by atoms with E-state index in [2.05, 4.69) is 11.9 Å². The van der Waals surface area contributed by atoms with E-state index in [9.17, 15) is 14.4 Å². The Labute approximate surface area is 123 Å². The third-order valence-electron chi connectivity index (χ3n) is 3.36. The van der Waals surface area contributed by atoms with Crippen LogP contribution < -0.4 is 5.32 Å². The minimum absolute atomic E-state index is 0.0921. The molecule has 0 saturated carbocycles. The molecule has 0 fully saturated rings. The molecule has 0 bridgehead atoms. The molecule has 1 aromatic rings. The number of rotatable bonds is 5. The lowest BCUT2D eigenvalue weighted by Crippen LogP contribution is -2.27. The van der Waals surface area contributed by atoms with Crippen LogP contribution in [-0.4, -0.2) is 17.7 Å². The molecule has 0 aromatic heterocycles. The molecule has 1 aliphatic heterocycles. The molecule has 21 heavy (non-hydrogen) atoms. The fraction of sp³-hybridized carbons (Fsp3) is 0.312. The molecule has 1 N–H and O–H groups in total. The summed E-state index contributed by atoms with van der Waals surface area (Å²) >= 11 is 0. The number of allylic oxidation sites excluding steroid dienone is 1. The Morgan fingerprint density at radius 2 is 2.14 bits per heavy atom. The number of cyclic esters (lactones) is 1. The summed E-state index contributed by atoms with van der Waals surface area (Å²) < 4.78 is 4.88. The Kier molecular flexibility index (Phi) is 3.93. The van der Waals surface area contributed by atoms with Crippen LogP contribution in [0, 0.1) is 5.41 Å². The molecule has 0 spiro atoms. The number of ketones is 1. The highest BCUT2D eigenvalue weighted by molar-refractivity contribution is 6.40. The van der Waals surface area contributed by atoms with Crippen molar-refractivity contribution in [1.82, 2.24) is 0 Å². The maximum absolute atomic E-state index is 11.9. The van der Waals surface area contributed by atoms with E-state index < -0.39 is 17.1 Å². The number of benzene rings is 1. The average Bonchev–Trinajstić information content (AvgIpc) is 2.79. The second-order valence-electron chi connectivity index (χ2n) is 5.69. The van der Waals surface area contributed by atoms with E-state index >= 15 is 0 Å². The SMILES string of the molecule is C=CC(C)(C)CC(=O)C(=O)Nc1ccc2c(c1)COC2=O. The fourth-order valence-corrected chi connectivity index (χ4v) is 1.98. The van der Waals surface area contributed by atoms with Crippen molar-refractivity contribution in [3.8, 4) is 0 Å². The van der Waals surface area contributed by atoms with E-state index in [0.29, 0.717) is 16.8 Å².